The first-order valence-corrected chi connectivity index (χ1v) is 11.7. The molecule has 0 saturated carbocycles. The van der Waals surface area contributed by atoms with E-state index in [4.69, 9.17) is 4.74 Å². The molecular weight excluding hydrogens is 424 g/mol. The SMILES string of the molecule is COc1ccc(S(=O)(=O)N(CC(=O)N[C@H](C)c2ccc(C)cc2)c2ccc(C)cc2)cc1. The van der Waals surface area contributed by atoms with Crippen LogP contribution in [0.15, 0.2) is 77.7 Å². The number of hydrogen-bond acceptors (Lipinski definition) is 4. The summed E-state index contributed by atoms with van der Waals surface area (Å²) in [4.78, 5) is 13.0. The van der Waals surface area contributed by atoms with Crippen LogP contribution in [0.1, 0.15) is 29.7 Å². The Morgan fingerprint density at radius 2 is 1.44 bits per heavy atom. The number of aryl methyl sites for hydroxylation is 2. The molecule has 1 atom stereocenters. The van der Waals surface area contributed by atoms with Gasteiger partial charge in [0, 0.05) is 0 Å². The van der Waals surface area contributed by atoms with Crippen LogP contribution in [0.5, 0.6) is 5.75 Å². The highest BCUT2D eigenvalue weighted by Crippen LogP contribution is 2.25. The van der Waals surface area contributed by atoms with Crippen LogP contribution in [0.25, 0.3) is 0 Å². The first kappa shape index (κ1) is 23.3. The first-order valence-electron chi connectivity index (χ1n) is 10.3. The van der Waals surface area contributed by atoms with Gasteiger partial charge in [0.15, 0.2) is 0 Å². The van der Waals surface area contributed by atoms with Crippen molar-refractivity contribution in [1.82, 2.24) is 5.32 Å². The van der Waals surface area contributed by atoms with Crippen molar-refractivity contribution in [2.24, 2.45) is 0 Å². The van der Waals surface area contributed by atoms with Crippen molar-refractivity contribution in [3.63, 3.8) is 0 Å². The third-order valence-corrected chi connectivity index (χ3v) is 7.00. The van der Waals surface area contributed by atoms with Gasteiger partial charge in [0.2, 0.25) is 5.91 Å². The highest BCUT2D eigenvalue weighted by molar-refractivity contribution is 7.92. The maximum atomic E-state index is 13.5. The minimum atomic E-state index is -3.98. The number of hydrogen-bond donors (Lipinski definition) is 1. The van der Waals surface area contributed by atoms with Crippen LogP contribution in [0.3, 0.4) is 0 Å². The number of nitrogens with one attached hydrogen (secondary N) is 1. The second-order valence-corrected chi connectivity index (χ2v) is 9.58. The Balaban J connectivity index is 1.87. The molecule has 0 fully saturated rings. The Morgan fingerprint density at radius 1 is 0.906 bits per heavy atom. The van der Waals surface area contributed by atoms with Crippen LogP contribution in [-0.2, 0) is 14.8 Å². The smallest absolute Gasteiger partial charge is 0.264 e. The molecule has 0 aliphatic heterocycles. The maximum absolute atomic E-state index is 13.5. The first-order chi connectivity index (χ1) is 15.2. The zero-order chi connectivity index (χ0) is 23.3. The van der Waals surface area contributed by atoms with Gasteiger partial charge in [0.1, 0.15) is 12.3 Å². The lowest BCUT2D eigenvalue weighted by molar-refractivity contribution is -0.120. The Hall–Kier alpha value is -3.32. The second-order valence-electron chi connectivity index (χ2n) is 7.72. The van der Waals surface area contributed by atoms with Gasteiger partial charge < -0.3 is 10.1 Å². The van der Waals surface area contributed by atoms with Gasteiger partial charge in [-0.2, -0.15) is 0 Å². The molecule has 168 valence electrons. The Bertz CT molecular complexity index is 1160. The maximum Gasteiger partial charge on any atom is 0.264 e. The van der Waals surface area contributed by atoms with Gasteiger partial charge in [0.05, 0.1) is 23.7 Å². The van der Waals surface area contributed by atoms with E-state index in [1.165, 1.54) is 19.2 Å². The zero-order valence-corrected chi connectivity index (χ0v) is 19.5. The van der Waals surface area contributed by atoms with Gasteiger partial charge in [-0.05, 0) is 62.7 Å². The van der Waals surface area contributed by atoms with E-state index in [-0.39, 0.29) is 17.5 Å². The van der Waals surface area contributed by atoms with E-state index in [1.54, 1.807) is 24.3 Å². The van der Waals surface area contributed by atoms with E-state index >= 15 is 0 Å². The van der Waals surface area contributed by atoms with Gasteiger partial charge in [-0.25, -0.2) is 8.42 Å². The van der Waals surface area contributed by atoms with Crippen LogP contribution >= 0.6 is 0 Å². The number of carbonyl (C=O) groups excluding carboxylic acids is 1. The number of anilines is 1. The minimum Gasteiger partial charge on any atom is -0.497 e. The molecule has 1 amide bonds. The molecule has 0 unspecified atom stereocenters. The third-order valence-electron chi connectivity index (χ3n) is 5.21. The number of carbonyl (C=O) groups is 1. The molecule has 0 aliphatic carbocycles. The van der Waals surface area contributed by atoms with Crippen molar-refractivity contribution in [2.75, 3.05) is 18.0 Å². The Kier molecular flexibility index (Phi) is 7.20. The van der Waals surface area contributed by atoms with Gasteiger partial charge >= 0.3 is 0 Å². The molecule has 0 aromatic heterocycles. The van der Waals surface area contributed by atoms with Crippen molar-refractivity contribution < 1.29 is 17.9 Å². The molecule has 1 N–H and O–H groups in total. The summed E-state index contributed by atoms with van der Waals surface area (Å²) in [6.45, 7) is 5.45. The molecule has 3 rings (SSSR count). The fourth-order valence-corrected chi connectivity index (χ4v) is 4.68. The second kappa shape index (κ2) is 9.87. The molecule has 0 aliphatic rings. The van der Waals surface area contributed by atoms with Crippen LogP contribution in [0.4, 0.5) is 5.69 Å². The summed E-state index contributed by atoms with van der Waals surface area (Å²) in [6.07, 6.45) is 0. The van der Waals surface area contributed by atoms with Crippen LogP contribution in [0.2, 0.25) is 0 Å². The zero-order valence-electron chi connectivity index (χ0n) is 18.7. The Morgan fingerprint density at radius 3 is 1.97 bits per heavy atom. The van der Waals surface area contributed by atoms with Crippen molar-refractivity contribution >= 4 is 21.6 Å². The number of ether oxygens (including phenoxy) is 1. The van der Waals surface area contributed by atoms with Crippen molar-refractivity contribution in [1.29, 1.82) is 0 Å². The molecule has 0 saturated heterocycles. The summed E-state index contributed by atoms with van der Waals surface area (Å²) in [5.74, 6) is 0.159. The average molecular weight is 453 g/mol. The highest BCUT2D eigenvalue weighted by atomic mass is 32.2. The minimum absolute atomic E-state index is 0.0817. The lowest BCUT2D eigenvalue weighted by atomic mass is 10.1. The summed E-state index contributed by atoms with van der Waals surface area (Å²) in [6, 6.07) is 20.8. The van der Waals surface area contributed by atoms with E-state index in [2.05, 4.69) is 5.32 Å². The molecule has 0 heterocycles. The molecule has 3 aromatic rings. The summed E-state index contributed by atoms with van der Waals surface area (Å²) >= 11 is 0. The van der Waals surface area contributed by atoms with E-state index in [1.807, 2.05) is 57.2 Å². The van der Waals surface area contributed by atoms with E-state index in [0.717, 1.165) is 21.0 Å². The topological polar surface area (TPSA) is 75.7 Å². The third kappa shape index (κ3) is 5.48. The summed E-state index contributed by atoms with van der Waals surface area (Å²) in [5.41, 5.74) is 3.49. The number of benzene rings is 3. The molecule has 0 spiro atoms. The quantitative estimate of drug-likeness (QED) is 0.550. The standard InChI is InChI=1S/C25H28N2O4S/c1-18-5-9-21(10-6-18)20(3)26-25(28)17-27(22-11-7-19(2)8-12-22)32(29,30)24-15-13-23(31-4)14-16-24/h5-16,20H,17H2,1-4H3,(H,26,28)/t20-/m1/s1. The van der Waals surface area contributed by atoms with Crippen molar-refractivity contribution in [3.8, 4) is 5.75 Å². The van der Waals surface area contributed by atoms with Gasteiger partial charge in [-0.1, -0.05) is 47.5 Å². The highest BCUT2D eigenvalue weighted by Gasteiger charge is 2.27. The fraction of sp³-hybridized carbons (Fsp3) is 0.240. The number of sulfonamides is 1. The normalized spacial score (nSPS) is 12.1. The number of methoxy groups -OCH3 is 1. The van der Waals surface area contributed by atoms with Gasteiger partial charge in [-0.15, -0.1) is 0 Å². The predicted octanol–water partition coefficient (Wildman–Crippen LogP) is 4.38. The molecule has 0 radical (unpaired) electrons. The molecule has 32 heavy (non-hydrogen) atoms. The van der Waals surface area contributed by atoms with Crippen molar-refractivity contribution in [2.45, 2.75) is 31.7 Å². The predicted molar refractivity (Wildman–Crippen MR) is 126 cm³/mol. The summed E-state index contributed by atoms with van der Waals surface area (Å²) in [5, 5.41) is 2.90. The molecule has 0 bridgehead atoms. The summed E-state index contributed by atoms with van der Waals surface area (Å²) in [7, 11) is -2.46. The van der Waals surface area contributed by atoms with Gasteiger partial charge in [-0.3, -0.25) is 9.10 Å². The monoisotopic (exact) mass is 452 g/mol. The number of amides is 1. The average Bonchev–Trinajstić information content (AvgIpc) is 2.78. The molecule has 3 aromatic carbocycles. The lowest BCUT2D eigenvalue weighted by Crippen LogP contribution is -2.41. The molecule has 7 heteroatoms. The lowest BCUT2D eigenvalue weighted by Gasteiger charge is -2.25. The Labute approximate surface area is 189 Å². The van der Waals surface area contributed by atoms with Crippen LogP contribution in [0, 0.1) is 13.8 Å². The van der Waals surface area contributed by atoms with Crippen LogP contribution < -0.4 is 14.4 Å². The van der Waals surface area contributed by atoms with E-state index < -0.39 is 15.9 Å². The molecular formula is C25H28N2O4S. The van der Waals surface area contributed by atoms with Crippen LogP contribution in [-0.4, -0.2) is 28.0 Å². The summed E-state index contributed by atoms with van der Waals surface area (Å²) < 4.78 is 33.2. The number of rotatable bonds is 8. The van der Waals surface area contributed by atoms with Gasteiger partial charge in [0.25, 0.3) is 10.0 Å². The fourth-order valence-electron chi connectivity index (χ4n) is 3.26. The van der Waals surface area contributed by atoms with E-state index in [0.29, 0.717) is 11.4 Å². The molecule has 6 nitrogen and oxygen atoms in total. The van der Waals surface area contributed by atoms with Crippen molar-refractivity contribution in [3.05, 3.63) is 89.5 Å². The van der Waals surface area contributed by atoms with E-state index in [9.17, 15) is 13.2 Å². The largest absolute Gasteiger partial charge is 0.497 e. The number of nitrogens with zero attached hydrogens (tertiary/aromatic N) is 1.